The zero-order valence-electron chi connectivity index (χ0n) is 14.9. The quantitative estimate of drug-likeness (QED) is 0.690. The average molecular weight is 397 g/mol. The van der Waals surface area contributed by atoms with Gasteiger partial charge in [0.25, 0.3) is 5.91 Å². The fraction of sp³-hybridized carbons (Fsp3) is 0.211. The number of carbonyl (C=O) groups excluding carboxylic acids is 2. The van der Waals surface area contributed by atoms with Gasteiger partial charge in [-0.15, -0.1) is 10.2 Å². The van der Waals surface area contributed by atoms with Crippen molar-refractivity contribution >= 4 is 34.8 Å². The van der Waals surface area contributed by atoms with Crippen molar-refractivity contribution in [2.75, 3.05) is 16.8 Å². The Morgan fingerprint density at radius 2 is 2.04 bits per heavy atom. The lowest BCUT2D eigenvalue weighted by Crippen LogP contribution is -2.24. The molecule has 2 heterocycles. The SMILES string of the molecule is O=C(Nc1ccc(Cc2nn[nH]n2)cc1)c1cc(N2CCCC2=O)ccc1Cl. The molecule has 1 aliphatic rings. The maximum Gasteiger partial charge on any atom is 0.257 e. The van der Waals surface area contributed by atoms with Crippen LogP contribution in [0.1, 0.15) is 34.6 Å². The van der Waals surface area contributed by atoms with Crippen molar-refractivity contribution in [2.24, 2.45) is 0 Å². The van der Waals surface area contributed by atoms with Gasteiger partial charge in [-0.3, -0.25) is 9.59 Å². The van der Waals surface area contributed by atoms with E-state index in [-0.39, 0.29) is 11.8 Å². The number of anilines is 2. The number of amides is 2. The number of aromatic nitrogens is 4. The molecule has 0 bridgehead atoms. The molecule has 28 heavy (non-hydrogen) atoms. The van der Waals surface area contributed by atoms with E-state index in [0.29, 0.717) is 47.2 Å². The van der Waals surface area contributed by atoms with E-state index in [2.05, 4.69) is 25.9 Å². The number of nitrogens with zero attached hydrogens (tertiary/aromatic N) is 4. The molecule has 1 saturated heterocycles. The predicted octanol–water partition coefficient (Wildman–Crippen LogP) is 2.82. The van der Waals surface area contributed by atoms with E-state index in [9.17, 15) is 9.59 Å². The van der Waals surface area contributed by atoms with Crippen molar-refractivity contribution in [3.8, 4) is 0 Å². The van der Waals surface area contributed by atoms with E-state index < -0.39 is 0 Å². The molecule has 1 fully saturated rings. The highest BCUT2D eigenvalue weighted by Gasteiger charge is 2.23. The molecule has 9 heteroatoms. The molecule has 2 N–H and O–H groups in total. The van der Waals surface area contributed by atoms with Crippen LogP contribution in [0.15, 0.2) is 42.5 Å². The lowest BCUT2D eigenvalue weighted by Gasteiger charge is -2.17. The molecular formula is C19H17ClN6O2. The Morgan fingerprint density at radius 3 is 2.71 bits per heavy atom. The molecule has 3 aromatic rings. The molecular weight excluding hydrogens is 380 g/mol. The minimum atomic E-state index is -0.329. The summed E-state index contributed by atoms with van der Waals surface area (Å²) in [5.41, 5.74) is 2.65. The Kier molecular flexibility index (Phi) is 5.03. The number of halogens is 1. The largest absolute Gasteiger partial charge is 0.322 e. The van der Waals surface area contributed by atoms with E-state index in [4.69, 9.17) is 11.6 Å². The Hall–Kier alpha value is -3.26. The van der Waals surface area contributed by atoms with Gasteiger partial charge in [-0.25, -0.2) is 0 Å². The molecule has 4 rings (SSSR count). The van der Waals surface area contributed by atoms with E-state index in [0.717, 1.165) is 12.0 Å². The van der Waals surface area contributed by atoms with Gasteiger partial charge in [0, 0.05) is 30.8 Å². The number of H-pyrrole nitrogens is 1. The van der Waals surface area contributed by atoms with Crippen LogP contribution in [-0.4, -0.2) is 39.0 Å². The summed E-state index contributed by atoms with van der Waals surface area (Å²) in [6, 6.07) is 12.4. The molecule has 142 valence electrons. The van der Waals surface area contributed by atoms with Gasteiger partial charge in [0.15, 0.2) is 5.82 Å². The van der Waals surface area contributed by atoms with Crippen LogP contribution in [0.3, 0.4) is 0 Å². The molecule has 0 aliphatic carbocycles. The first-order chi connectivity index (χ1) is 13.6. The minimum Gasteiger partial charge on any atom is -0.322 e. The second-order valence-corrected chi connectivity index (χ2v) is 6.88. The normalized spacial score (nSPS) is 13.8. The summed E-state index contributed by atoms with van der Waals surface area (Å²) in [6.07, 6.45) is 1.89. The smallest absolute Gasteiger partial charge is 0.257 e. The molecule has 0 radical (unpaired) electrons. The van der Waals surface area contributed by atoms with Crippen LogP contribution in [-0.2, 0) is 11.2 Å². The van der Waals surface area contributed by atoms with Gasteiger partial charge in [0.05, 0.1) is 10.6 Å². The van der Waals surface area contributed by atoms with E-state index >= 15 is 0 Å². The third-order valence-corrected chi connectivity index (χ3v) is 4.87. The third-order valence-electron chi connectivity index (χ3n) is 4.54. The van der Waals surface area contributed by atoms with Crippen molar-refractivity contribution < 1.29 is 9.59 Å². The van der Waals surface area contributed by atoms with Gasteiger partial charge in [0.1, 0.15) is 0 Å². The van der Waals surface area contributed by atoms with Gasteiger partial charge in [-0.2, -0.15) is 5.21 Å². The summed E-state index contributed by atoms with van der Waals surface area (Å²) in [7, 11) is 0. The van der Waals surface area contributed by atoms with Gasteiger partial charge in [-0.05, 0) is 42.3 Å². The zero-order chi connectivity index (χ0) is 19.5. The second kappa shape index (κ2) is 7.77. The lowest BCUT2D eigenvalue weighted by molar-refractivity contribution is -0.117. The lowest BCUT2D eigenvalue weighted by atomic mass is 10.1. The molecule has 8 nitrogen and oxygen atoms in total. The number of aromatic amines is 1. The highest BCUT2D eigenvalue weighted by atomic mass is 35.5. The van der Waals surface area contributed by atoms with Crippen LogP contribution >= 0.6 is 11.6 Å². The van der Waals surface area contributed by atoms with E-state index in [1.807, 2.05) is 12.1 Å². The second-order valence-electron chi connectivity index (χ2n) is 6.47. The number of tetrazole rings is 1. The molecule has 0 spiro atoms. The Bertz CT molecular complexity index is 1000. The molecule has 0 unspecified atom stereocenters. The van der Waals surface area contributed by atoms with Crippen molar-refractivity contribution in [3.05, 3.63) is 64.4 Å². The first-order valence-electron chi connectivity index (χ1n) is 8.83. The summed E-state index contributed by atoms with van der Waals surface area (Å²) in [4.78, 5) is 26.3. The topological polar surface area (TPSA) is 104 Å². The first-order valence-corrected chi connectivity index (χ1v) is 9.20. The molecule has 1 aliphatic heterocycles. The molecule has 2 amide bonds. The molecule has 0 saturated carbocycles. The summed E-state index contributed by atoms with van der Waals surface area (Å²) >= 11 is 6.22. The number of hydrogen-bond acceptors (Lipinski definition) is 5. The van der Waals surface area contributed by atoms with Gasteiger partial charge in [-0.1, -0.05) is 28.9 Å². The average Bonchev–Trinajstić information content (AvgIpc) is 3.35. The molecule has 2 aromatic carbocycles. The molecule has 0 atom stereocenters. The Morgan fingerprint density at radius 1 is 1.21 bits per heavy atom. The summed E-state index contributed by atoms with van der Waals surface area (Å²) in [5.74, 6) is 0.326. The third kappa shape index (κ3) is 3.86. The number of rotatable bonds is 5. The fourth-order valence-corrected chi connectivity index (χ4v) is 3.32. The van der Waals surface area contributed by atoms with E-state index in [1.54, 1.807) is 35.2 Å². The van der Waals surface area contributed by atoms with Crippen LogP contribution in [0, 0.1) is 0 Å². The zero-order valence-corrected chi connectivity index (χ0v) is 15.6. The van der Waals surface area contributed by atoms with Crippen molar-refractivity contribution in [2.45, 2.75) is 19.3 Å². The van der Waals surface area contributed by atoms with Crippen molar-refractivity contribution in [1.82, 2.24) is 20.6 Å². The summed E-state index contributed by atoms with van der Waals surface area (Å²) in [5, 5.41) is 17.0. The fourth-order valence-electron chi connectivity index (χ4n) is 3.12. The van der Waals surface area contributed by atoms with Crippen LogP contribution in [0.2, 0.25) is 5.02 Å². The van der Waals surface area contributed by atoms with Gasteiger partial charge in [0.2, 0.25) is 5.91 Å². The maximum atomic E-state index is 12.7. The van der Waals surface area contributed by atoms with Crippen LogP contribution in [0.5, 0.6) is 0 Å². The van der Waals surface area contributed by atoms with Crippen LogP contribution in [0.4, 0.5) is 11.4 Å². The molecule has 1 aromatic heterocycles. The minimum absolute atomic E-state index is 0.0610. The highest BCUT2D eigenvalue weighted by molar-refractivity contribution is 6.34. The first kappa shape index (κ1) is 18.1. The number of nitrogens with one attached hydrogen (secondary N) is 2. The summed E-state index contributed by atoms with van der Waals surface area (Å²) < 4.78 is 0. The predicted molar refractivity (Wildman–Crippen MR) is 104 cm³/mol. The Labute approximate surface area is 165 Å². The van der Waals surface area contributed by atoms with Crippen molar-refractivity contribution in [1.29, 1.82) is 0 Å². The standard InChI is InChI=1S/C19H17ClN6O2/c20-16-8-7-14(26-9-1-2-18(26)27)11-15(16)19(28)21-13-5-3-12(4-6-13)10-17-22-24-25-23-17/h3-8,11H,1-2,9-10H2,(H,21,28)(H,22,23,24,25). The monoisotopic (exact) mass is 396 g/mol. The highest BCUT2D eigenvalue weighted by Crippen LogP contribution is 2.27. The van der Waals surface area contributed by atoms with Gasteiger partial charge < -0.3 is 10.2 Å². The van der Waals surface area contributed by atoms with E-state index in [1.165, 1.54) is 0 Å². The van der Waals surface area contributed by atoms with Gasteiger partial charge >= 0.3 is 0 Å². The number of hydrogen-bond donors (Lipinski definition) is 2. The number of benzene rings is 2. The van der Waals surface area contributed by atoms with Crippen LogP contribution < -0.4 is 10.2 Å². The number of carbonyl (C=O) groups is 2. The van der Waals surface area contributed by atoms with Crippen LogP contribution in [0.25, 0.3) is 0 Å². The Balaban J connectivity index is 1.48. The summed E-state index contributed by atoms with van der Waals surface area (Å²) in [6.45, 7) is 0.656. The maximum absolute atomic E-state index is 12.7. The van der Waals surface area contributed by atoms with Crippen molar-refractivity contribution in [3.63, 3.8) is 0 Å².